The Kier molecular flexibility index (Phi) is 5.37. The quantitative estimate of drug-likeness (QED) is 0.905. The highest BCUT2D eigenvalue weighted by Crippen LogP contribution is 2.19. The number of carbonyl (C=O) groups excluding carboxylic acids is 1. The summed E-state index contributed by atoms with van der Waals surface area (Å²) in [4.78, 5) is 14.7. The van der Waals surface area contributed by atoms with Crippen LogP contribution in [0.25, 0.3) is 0 Å². The molecular formula is C20H29N3O2. The third-order valence-electron chi connectivity index (χ3n) is 3.82. The van der Waals surface area contributed by atoms with Crippen LogP contribution in [-0.4, -0.2) is 37.8 Å². The first-order valence-electron chi connectivity index (χ1n) is 8.60. The zero-order chi connectivity index (χ0) is 18.8. The standard InChI is InChI=1S/C20H29N3O2/c1-15-12-17(21-23(15)19(2,3)4)18(24)22(14-20(5,6)25)13-16-10-8-7-9-11-16/h7-12,25H,13-14H2,1-6H3. The lowest BCUT2D eigenvalue weighted by Gasteiger charge is -2.29. The van der Waals surface area contributed by atoms with E-state index >= 15 is 0 Å². The zero-order valence-corrected chi connectivity index (χ0v) is 16.1. The first kappa shape index (κ1) is 19.2. The highest BCUT2D eigenvalue weighted by atomic mass is 16.3. The van der Waals surface area contributed by atoms with Crippen molar-refractivity contribution in [2.24, 2.45) is 0 Å². The molecule has 25 heavy (non-hydrogen) atoms. The maximum absolute atomic E-state index is 13.1. The number of aliphatic hydroxyl groups is 1. The van der Waals surface area contributed by atoms with Crippen molar-refractivity contribution in [1.29, 1.82) is 0 Å². The molecule has 1 amide bonds. The van der Waals surface area contributed by atoms with Crippen LogP contribution in [0.15, 0.2) is 36.4 Å². The Morgan fingerprint density at radius 1 is 1.16 bits per heavy atom. The number of aryl methyl sites for hydroxylation is 1. The molecule has 1 heterocycles. The molecule has 1 aromatic heterocycles. The lowest BCUT2D eigenvalue weighted by atomic mass is 10.1. The topological polar surface area (TPSA) is 58.4 Å². The Balaban J connectivity index is 2.32. The van der Waals surface area contributed by atoms with Crippen LogP contribution in [0.1, 0.15) is 56.4 Å². The summed E-state index contributed by atoms with van der Waals surface area (Å²) < 4.78 is 1.87. The Bertz CT molecular complexity index is 722. The van der Waals surface area contributed by atoms with E-state index in [0.717, 1.165) is 11.3 Å². The minimum Gasteiger partial charge on any atom is -0.389 e. The normalized spacial score (nSPS) is 12.3. The molecule has 136 valence electrons. The maximum atomic E-state index is 13.1. The molecule has 0 aliphatic heterocycles. The molecule has 0 unspecified atom stereocenters. The van der Waals surface area contributed by atoms with Crippen LogP contribution in [0.5, 0.6) is 0 Å². The van der Waals surface area contributed by atoms with Gasteiger partial charge in [-0.1, -0.05) is 30.3 Å². The maximum Gasteiger partial charge on any atom is 0.274 e. The molecule has 1 aromatic carbocycles. The number of nitrogens with zero attached hydrogens (tertiary/aromatic N) is 3. The van der Waals surface area contributed by atoms with Crippen molar-refractivity contribution >= 4 is 5.91 Å². The third-order valence-corrected chi connectivity index (χ3v) is 3.82. The van der Waals surface area contributed by atoms with Gasteiger partial charge in [-0.15, -0.1) is 0 Å². The van der Waals surface area contributed by atoms with Crippen molar-refractivity contribution in [3.05, 3.63) is 53.3 Å². The van der Waals surface area contributed by atoms with Crippen LogP contribution in [0.4, 0.5) is 0 Å². The van der Waals surface area contributed by atoms with Crippen LogP contribution < -0.4 is 0 Å². The number of hydrogen-bond acceptors (Lipinski definition) is 3. The number of carbonyl (C=O) groups is 1. The van der Waals surface area contributed by atoms with Gasteiger partial charge in [0.15, 0.2) is 5.69 Å². The van der Waals surface area contributed by atoms with E-state index in [4.69, 9.17) is 0 Å². The smallest absolute Gasteiger partial charge is 0.274 e. The number of rotatable bonds is 5. The summed E-state index contributed by atoms with van der Waals surface area (Å²) in [5, 5.41) is 14.7. The van der Waals surface area contributed by atoms with Crippen molar-refractivity contribution in [2.75, 3.05) is 6.54 Å². The van der Waals surface area contributed by atoms with Crippen molar-refractivity contribution in [3.63, 3.8) is 0 Å². The molecular weight excluding hydrogens is 314 g/mol. The second kappa shape index (κ2) is 7.00. The summed E-state index contributed by atoms with van der Waals surface area (Å²) in [6, 6.07) is 11.6. The van der Waals surface area contributed by atoms with Gasteiger partial charge in [0.05, 0.1) is 11.1 Å². The summed E-state index contributed by atoms with van der Waals surface area (Å²) >= 11 is 0. The van der Waals surface area contributed by atoms with E-state index in [9.17, 15) is 9.90 Å². The van der Waals surface area contributed by atoms with E-state index in [2.05, 4.69) is 25.9 Å². The fourth-order valence-electron chi connectivity index (χ4n) is 2.89. The molecule has 0 saturated carbocycles. The van der Waals surface area contributed by atoms with Crippen LogP contribution >= 0.6 is 0 Å². The van der Waals surface area contributed by atoms with Gasteiger partial charge in [0, 0.05) is 18.8 Å². The van der Waals surface area contributed by atoms with E-state index in [-0.39, 0.29) is 18.0 Å². The van der Waals surface area contributed by atoms with E-state index in [0.29, 0.717) is 12.2 Å². The molecule has 0 atom stereocenters. The SMILES string of the molecule is Cc1cc(C(=O)N(Cc2ccccc2)CC(C)(C)O)nn1C(C)(C)C. The molecule has 5 nitrogen and oxygen atoms in total. The summed E-state index contributed by atoms with van der Waals surface area (Å²) in [6.07, 6.45) is 0. The van der Waals surface area contributed by atoms with Crippen molar-refractivity contribution in [1.82, 2.24) is 14.7 Å². The third kappa shape index (κ3) is 5.16. The van der Waals surface area contributed by atoms with E-state index in [1.165, 1.54) is 0 Å². The van der Waals surface area contributed by atoms with Gasteiger partial charge in [-0.3, -0.25) is 9.48 Å². The summed E-state index contributed by atoms with van der Waals surface area (Å²) in [7, 11) is 0. The Labute approximate surface area is 150 Å². The Hall–Kier alpha value is -2.14. The summed E-state index contributed by atoms with van der Waals surface area (Å²) in [6.45, 7) is 12.2. The second-order valence-corrected chi connectivity index (χ2v) is 8.21. The average molecular weight is 343 g/mol. The molecule has 0 bridgehead atoms. The molecule has 0 saturated heterocycles. The van der Waals surface area contributed by atoms with Gasteiger partial charge in [0.2, 0.25) is 0 Å². The number of benzene rings is 1. The van der Waals surface area contributed by atoms with Crippen molar-refractivity contribution < 1.29 is 9.90 Å². The first-order chi connectivity index (χ1) is 11.5. The highest BCUT2D eigenvalue weighted by molar-refractivity contribution is 5.92. The van der Waals surface area contributed by atoms with Gasteiger partial charge < -0.3 is 10.0 Å². The zero-order valence-electron chi connectivity index (χ0n) is 16.1. The lowest BCUT2D eigenvalue weighted by molar-refractivity contribution is 0.0276. The summed E-state index contributed by atoms with van der Waals surface area (Å²) in [5.41, 5.74) is 1.20. The highest BCUT2D eigenvalue weighted by Gasteiger charge is 2.27. The van der Waals surface area contributed by atoms with Crippen LogP contribution in [0, 0.1) is 6.92 Å². The minimum atomic E-state index is -0.980. The monoisotopic (exact) mass is 343 g/mol. The van der Waals surface area contributed by atoms with Gasteiger partial charge in [0.25, 0.3) is 5.91 Å². The second-order valence-electron chi connectivity index (χ2n) is 8.21. The number of hydrogen-bond donors (Lipinski definition) is 1. The summed E-state index contributed by atoms with van der Waals surface area (Å²) in [5.74, 6) is -0.169. The van der Waals surface area contributed by atoms with E-state index in [1.54, 1.807) is 18.7 Å². The van der Waals surface area contributed by atoms with Crippen LogP contribution in [-0.2, 0) is 12.1 Å². The van der Waals surface area contributed by atoms with Gasteiger partial charge >= 0.3 is 0 Å². The molecule has 0 fully saturated rings. The Morgan fingerprint density at radius 3 is 2.24 bits per heavy atom. The van der Waals surface area contributed by atoms with Gasteiger partial charge in [-0.2, -0.15) is 5.10 Å². The van der Waals surface area contributed by atoms with Crippen molar-refractivity contribution in [3.8, 4) is 0 Å². The van der Waals surface area contributed by atoms with Gasteiger partial charge in [0.1, 0.15) is 0 Å². The lowest BCUT2D eigenvalue weighted by Crippen LogP contribution is -2.42. The molecule has 5 heteroatoms. The fourth-order valence-corrected chi connectivity index (χ4v) is 2.89. The minimum absolute atomic E-state index is 0.169. The predicted molar refractivity (Wildman–Crippen MR) is 99.4 cm³/mol. The van der Waals surface area contributed by atoms with Crippen molar-refractivity contribution in [2.45, 2.75) is 59.2 Å². The number of amides is 1. The van der Waals surface area contributed by atoms with Gasteiger partial charge in [-0.05, 0) is 53.2 Å². The van der Waals surface area contributed by atoms with Crippen LogP contribution in [0.3, 0.4) is 0 Å². The Morgan fingerprint density at radius 2 is 1.76 bits per heavy atom. The predicted octanol–water partition coefficient (Wildman–Crippen LogP) is 3.36. The first-order valence-corrected chi connectivity index (χ1v) is 8.60. The molecule has 2 aromatic rings. The van der Waals surface area contributed by atoms with E-state index in [1.807, 2.05) is 48.0 Å². The van der Waals surface area contributed by atoms with E-state index < -0.39 is 5.60 Å². The molecule has 2 rings (SSSR count). The molecule has 0 spiro atoms. The average Bonchev–Trinajstić information content (AvgIpc) is 2.87. The molecule has 1 N–H and O–H groups in total. The molecule has 0 radical (unpaired) electrons. The van der Waals surface area contributed by atoms with Gasteiger partial charge in [-0.25, -0.2) is 0 Å². The largest absolute Gasteiger partial charge is 0.389 e. The molecule has 0 aliphatic rings. The fraction of sp³-hybridized carbons (Fsp3) is 0.500. The molecule has 0 aliphatic carbocycles. The van der Waals surface area contributed by atoms with Crippen LogP contribution in [0.2, 0.25) is 0 Å². The number of aromatic nitrogens is 2.